The van der Waals surface area contributed by atoms with Gasteiger partial charge >= 0.3 is 0 Å². The molecule has 1 fully saturated rings. The summed E-state index contributed by atoms with van der Waals surface area (Å²) in [5.74, 6) is -2.33. The van der Waals surface area contributed by atoms with Crippen LogP contribution >= 0.6 is 11.6 Å². The van der Waals surface area contributed by atoms with Crippen molar-refractivity contribution in [1.29, 1.82) is 0 Å². The number of ketones is 1. The summed E-state index contributed by atoms with van der Waals surface area (Å²) in [7, 11) is 0. The molecule has 4 rings (SSSR count). The zero-order valence-corrected chi connectivity index (χ0v) is 15.8. The van der Waals surface area contributed by atoms with Crippen LogP contribution in [0.1, 0.15) is 17.2 Å². The van der Waals surface area contributed by atoms with Crippen molar-refractivity contribution in [2.45, 2.75) is 6.04 Å². The fourth-order valence-corrected chi connectivity index (χ4v) is 3.54. The predicted octanol–water partition coefficient (Wildman–Crippen LogP) is 5.11. The summed E-state index contributed by atoms with van der Waals surface area (Å²) in [6.07, 6.45) is 0. The fourth-order valence-electron chi connectivity index (χ4n) is 3.41. The van der Waals surface area contributed by atoms with Crippen LogP contribution in [-0.4, -0.2) is 16.8 Å². The SMILES string of the molecule is O=C1C(=O)N(c2ccccc2)C(c2ccc(F)cc2)/C1=C(\O)c1ccc(Cl)cc1. The minimum absolute atomic E-state index is 0.0622. The van der Waals surface area contributed by atoms with Gasteiger partial charge < -0.3 is 5.11 Å². The average Bonchev–Trinajstić information content (AvgIpc) is 3.00. The smallest absolute Gasteiger partial charge is 0.300 e. The first-order valence-electron chi connectivity index (χ1n) is 8.85. The van der Waals surface area contributed by atoms with Gasteiger partial charge in [0.1, 0.15) is 11.6 Å². The predicted molar refractivity (Wildman–Crippen MR) is 109 cm³/mol. The van der Waals surface area contributed by atoms with E-state index < -0.39 is 23.5 Å². The van der Waals surface area contributed by atoms with Crippen LogP contribution in [0.25, 0.3) is 5.76 Å². The van der Waals surface area contributed by atoms with Gasteiger partial charge in [-0.05, 0) is 54.1 Å². The summed E-state index contributed by atoms with van der Waals surface area (Å²) in [5, 5.41) is 11.4. The topological polar surface area (TPSA) is 57.6 Å². The van der Waals surface area contributed by atoms with Crippen molar-refractivity contribution in [1.82, 2.24) is 0 Å². The van der Waals surface area contributed by atoms with Gasteiger partial charge in [-0.2, -0.15) is 0 Å². The molecule has 0 bridgehead atoms. The van der Waals surface area contributed by atoms with Gasteiger partial charge in [0.15, 0.2) is 0 Å². The molecule has 4 nitrogen and oxygen atoms in total. The quantitative estimate of drug-likeness (QED) is 0.373. The van der Waals surface area contributed by atoms with Crippen molar-refractivity contribution < 1.29 is 19.1 Å². The lowest BCUT2D eigenvalue weighted by Crippen LogP contribution is -2.29. The van der Waals surface area contributed by atoms with Gasteiger partial charge in [0, 0.05) is 16.3 Å². The van der Waals surface area contributed by atoms with E-state index in [0.717, 1.165) is 0 Å². The molecule has 3 aromatic rings. The second kappa shape index (κ2) is 7.53. The lowest BCUT2D eigenvalue weighted by Gasteiger charge is -2.25. The summed E-state index contributed by atoms with van der Waals surface area (Å²) < 4.78 is 13.5. The van der Waals surface area contributed by atoms with E-state index in [2.05, 4.69) is 0 Å². The summed E-state index contributed by atoms with van der Waals surface area (Å²) in [5.41, 5.74) is 1.30. The van der Waals surface area contributed by atoms with Crippen molar-refractivity contribution in [3.05, 3.63) is 106 Å². The summed E-state index contributed by atoms with van der Waals surface area (Å²) in [6.45, 7) is 0. The van der Waals surface area contributed by atoms with Crippen molar-refractivity contribution in [2.24, 2.45) is 0 Å². The van der Waals surface area contributed by atoms with E-state index in [1.807, 2.05) is 0 Å². The molecule has 6 heteroatoms. The Morgan fingerprint density at radius 3 is 2.14 bits per heavy atom. The molecule has 29 heavy (non-hydrogen) atoms. The number of carbonyl (C=O) groups is 2. The Bertz CT molecular complexity index is 1110. The third kappa shape index (κ3) is 3.41. The number of aliphatic hydroxyl groups is 1. The molecule has 0 radical (unpaired) electrons. The Kier molecular flexibility index (Phi) is 4.91. The average molecular weight is 408 g/mol. The zero-order chi connectivity index (χ0) is 20.5. The minimum Gasteiger partial charge on any atom is -0.507 e. The highest BCUT2D eigenvalue weighted by Gasteiger charge is 2.46. The van der Waals surface area contributed by atoms with Gasteiger partial charge in [0.05, 0.1) is 11.6 Å². The van der Waals surface area contributed by atoms with Crippen molar-refractivity contribution in [3.8, 4) is 0 Å². The third-order valence-electron chi connectivity index (χ3n) is 4.78. The molecule has 0 aromatic heterocycles. The second-order valence-corrected chi connectivity index (χ2v) is 7.00. The highest BCUT2D eigenvalue weighted by atomic mass is 35.5. The number of Topliss-reactive ketones (excluding diaryl/α,β-unsaturated/α-hetero) is 1. The molecule has 1 N–H and O–H groups in total. The first-order valence-corrected chi connectivity index (χ1v) is 9.22. The highest BCUT2D eigenvalue weighted by Crippen LogP contribution is 2.42. The molecule has 0 spiro atoms. The molecule has 1 saturated heterocycles. The monoisotopic (exact) mass is 407 g/mol. The number of halogens is 2. The molecule has 3 aromatic carbocycles. The minimum atomic E-state index is -0.895. The molecule has 1 aliphatic heterocycles. The standard InChI is InChI=1S/C23H15ClFNO3/c24-16-10-6-15(7-11-16)21(27)19-20(14-8-12-17(25)13-9-14)26(23(29)22(19)28)18-4-2-1-3-5-18/h1-13,20,27H/b21-19+. The molecule has 1 aliphatic rings. The van der Waals surface area contributed by atoms with E-state index in [1.165, 1.54) is 29.2 Å². The first-order chi connectivity index (χ1) is 14.0. The van der Waals surface area contributed by atoms with Crippen LogP contribution in [0, 0.1) is 5.82 Å². The Morgan fingerprint density at radius 1 is 0.897 bits per heavy atom. The number of rotatable bonds is 3. The summed E-state index contributed by atoms with van der Waals surface area (Å²) >= 11 is 5.91. The lowest BCUT2D eigenvalue weighted by molar-refractivity contribution is -0.132. The van der Waals surface area contributed by atoms with Crippen LogP contribution < -0.4 is 4.90 Å². The fraction of sp³-hybridized carbons (Fsp3) is 0.0435. The van der Waals surface area contributed by atoms with Gasteiger partial charge in [-0.15, -0.1) is 0 Å². The Morgan fingerprint density at radius 2 is 1.52 bits per heavy atom. The Hall–Kier alpha value is -3.44. The van der Waals surface area contributed by atoms with Gasteiger partial charge in [-0.1, -0.05) is 41.9 Å². The van der Waals surface area contributed by atoms with Crippen molar-refractivity contribution in [3.63, 3.8) is 0 Å². The van der Waals surface area contributed by atoms with Crippen molar-refractivity contribution in [2.75, 3.05) is 4.90 Å². The van der Waals surface area contributed by atoms with Gasteiger partial charge in [0.2, 0.25) is 0 Å². The number of anilines is 1. The highest BCUT2D eigenvalue weighted by molar-refractivity contribution is 6.51. The number of hydrogen-bond donors (Lipinski definition) is 1. The van der Waals surface area contributed by atoms with Crippen LogP contribution in [0.4, 0.5) is 10.1 Å². The van der Waals surface area contributed by atoms with Crippen LogP contribution in [-0.2, 0) is 9.59 Å². The molecule has 1 amide bonds. The molecular weight excluding hydrogens is 393 g/mol. The normalized spacial score (nSPS) is 18.3. The Balaban J connectivity index is 1.94. The molecule has 144 valence electrons. The van der Waals surface area contributed by atoms with Crippen molar-refractivity contribution >= 4 is 34.7 Å². The first kappa shape index (κ1) is 18.9. The van der Waals surface area contributed by atoms with E-state index in [-0.39, 0.29) is 11.3 Å². The molecular formula is C23H15ClFNO3. The number of amides is 1. The molecule has 1 unspecified atom stereocenters. The lowest BCUT2D eigenvalue weighted by atomic mass is 9.95. The number of para-hydroxylation sites is 1. The number of hydrogen-bond acceptors (Lipinski definition) is 3. The maximum Gasteiger partial charge on any atom is 0.300 e. The van der Waals surface area contributed by atoms with E-state index in [9.17, 15) is 19.1 Å². The van der Waals surface area contributed by atoms with Gasteiger partial charge in [-0.25, -0.2) is 4.39 Å². The number of nitrogens with zero attached hydrogens (tertiary/aromatic N) is 1. The van der Waals surface area contributed by atoms with Crippen LogP contribution in [0.2, 0.25) is 5.02 Å². The molecule has 1 heterocycles. The molecule has 0 saturated carbocycles. The summed E-state index contributed by atoms with van der Waals surface area (Å²) in [4.78, 5) is 27.1. The number of benzene rings is 3. The van der Waals surface area contributed by atoms with E-state index >= 15 is 0 Å². The molecule has 0 aliphatic carbocycles. The third-order valence-corrected chi connectivity index (χ3v) is 5.03. The largest absolute Gasteiger partial charge is 0.507 e. The van der Waals surface area contributed by atoms with E-state index in [1.54, 1.807) is 54.6 Å². The van der Waals surface area contributed by atoms with E-state index in [4.69, 9.17) is 11.6 Å². The maximum atomic E-state index is 13.5. The summed E-state index contributed by atoms with van der Waals surface area (Å²) in [6, 6.07) is 19.6. The van der Waals surface area contributed by atoms with Gasteiger partial charge in [0.25, 0.3) is 11.7 Å². The maximum absolute atomic E-state index is 13.5. The van der Waals surface area contributed by atoms with Crippen LogP contribution in [0.15, 0.2) is 84.4 Å². The zero-order valence-electron chi connectivity index (χ0n) is 15.0. The van der Waals surface area contributed by atoms with Gasteiger partial charge in [-0.3, -0.25) is 14.5 Å². The number of aliphatic hydroxyl groups excluding tert-OH is 1. The number of carbonyl (C=O) groups excluding carboxylic acids is 2. The van der Waals surface area contributed by atoms with E-state index in [0.29, 0.717) is 21.8 Å². The molecule has 1 atom stereocenters. The second-order valence-electron chi connectivity index (χ2n) is 6.56. The Labute approximate surface area is 171 Å². The van der Waals surface area contributed by atoms with Crippen LogP contribution in [0.5, 0.6) is 0 Å². The van der Waals surface area contributed by atoms with Crippen LogP contribution in [0.3, 0.4) is 0 Å².